The van der Waals surface area contributed by atoms with E-state index >= 15 is 0 Å². The number of rotatable bonds is 5. The lowest BCUT2D eigenvalue weighted by atomic mass is 10.1. The van der Waals surface area contributed by atoms with Gasteiger partial charge >= 0.3 is 0 Å². The van der Waals surface area contributed by atoms with E-state index in [1.807, 2.05) is 0 Å². The summed E-state index contributed by atoms with van der Waals surface area (Å²) in [6.07, 6.45) is 6.16. The van der Waals surface area contributed by atoms with Gasteiger partial charge in [0.1, 0.15) is 0 Å². The average molecular weight is 171 g/mol. The molecule has 0 radical (unpaired) electrons. The minimum Gasteiger partial charge on any atom is -0.396 e. The second kappa shape index (κ2) is 5.55. The number of hydrogen-bond acceptors (Lipinski definition) is 2. The molecule has 1 heterocycles. The van der Waals surface area contributed by atoms with Gasteiger partial charge in [-0.05, 0) is 38.8 Å². The third-order valence-corrected chi connectivity index (χ3v) is 2.74. The van der Waals surface area contributed by atoms with E-state index in [-0.39, 0.29) is 0 Å². The van der Waals surface area contributed by atoms with Crippen LogP contribution in [0, 0.1) is 0 Å². The van der Waals surface area contributed by atoms with Gasteiger partial charge in [0.05, 0.1) is 0 Å². The van der Waals surface area contributed by atoms with Gasteiger partial charge in [-0.25, -0.2) is 0 Å². The van der Waals surface area contributed by atoms with Gasteiger partial charge in [-0.1, -0.05) is 13.3 Å². The van der Waals surface area contributed by atoms with Crippen molar-refractivity contribution in [3.63, 3.8) is 0 Å². The monoisotopic (exact) mass is 171 g/mol. The standard InChI is InChI=1S/C10H21NO/c1-2-5-10(6-9-12)11-7-3-4-8-11/h10,12H,2-9H2,1H3. The Hall–Kier alpha value is -0.0800. The van der Waals surface area contributed by atoms with Crippen LogP contribution in [-0.2, 0) is 0 Å². The normalized spacial score (nSPS) is 21.5. The molecule has 1 N–H and O–H groups in total. The third kappa shape index (κ3) is 2.76. The van der Waals surface area contributed by atoms with Crippen LogP contribution in [0.4, 0.5) is 0 Å². The summed E-state index contributed by atoms with van der Waals surface area (Å²) in [5.41, 5.74) is 0. The number of hydrogen-bond donors (Lipinski definition) is 1. The summed E-state index contributed by atoms with van der Waals surface area (Å²) in [6.45, 7) is 5.08. The maximum atomic E-state index is 8.90. The fourth-order valence-corrected chi connectivity index (χ4v) is 2.10. The van der Waals surface area contributed by atoms with E-state index in [9.17, 15) is 0 Å². The van der Waals surface area contributed by atoms with Crippen molar-refractivity contribution in [2.45, 2.75) is 45.1 Å². The van der Waals surface area contributed by atoms with Gasteiger partial charge < -0.3 is 10.0 Å². The lowest BCUT2D eigenvalue weighted by Gasteiger charge is -2.26. The Morgan fingerprint density at radius 1 is 1.25 bits per heavy atom. The maximum Gasteiger partial charge on any atom is 0.0445 e. The number of nitrogens with zero attached hydrogens (tertiary/aromatic N) is 1. The van der Waals surface area contributed by atoms with Crippen LogP contribution in [0.3, 0.4) is 0 Å². The average Bonchev–Trinajstić information content (AvgIpc) is 2.56. The molecule has 0 saturated carbocycles. The minimum atomic E-state index is 0.348. The minimum absolute atomic E-state index is 0.348. The van der Waals surface area contributed by atoms with Gasteiger partial charge in [-0.15, -0.1) is 0 Å². The lowest BCUT2D eigenvalue weighted by Crippen LogP contribution is -2.33. The summed E-state index contributed by atoms with van der Waals surface area (Å²) >= 11 is 0. The van der Waals surface area contributed by atoms with Crippen molar-refractivity contribution in [1.29, 1.82) is 0 Å². The Balaban J connectivity index is 2.29. The zero-order valence-electron chi connectivity index (χ0n) is 8.13. The zero-order valence-corrected chi connectivity index (χ0v) is 8.13. The van der Waals surface area contributed by atoms with E-state index in [1.54, 1.807) is 0 Å². The molecule has 0 bridgehead atoms. The Bertz CT molecular complexity index is 104. The van der Waals surface area contributed by atoms with Crippen LogP contribution in [0.5, 0.6) is 0 Å². The topological polar surface area (TPSA) is 23.5 Å². The summed E-state index contributed by atoms with van der Waals surface area (Å²) in [6, 6.07) is 0.655. The molecule has 1 aliphatic heterocycles. The molecule has 2 nitrogen and oxygen atoms in total. The highest BCUT2D eigenvalue weighted by molar-refractivity contribution is 4.75. The zero-order chi connectivity index (χ0) is 8.81. The fourth-order valence-electron chi connectivity index (χ4n) is 2.10. The lowest BCUT2D eigenvalue weighted by molar-refractivity contribution is 0.175. The molecule has 0 aromatic heterocycles. The van der Waals surface area contributed by atoms with Crippen LogP contribution >= 0.6 is 0 Å². The first-order chi connectivity index (χ1) is 5.88. The Morgan fingerprint density at radius 2 is 1.92 bits per heavy atom. The predicted octanol–water partition coefficient (Wildman–Crippen LogP) is 1.63. The van der Waals surface area contributed by atoms with Crippen LogP contribution in [0.1, 0.15) is 39.0 Å². The van der Waals surface area contributed by atoms with E-state index in [0.29, 0.717) is 12.6 Å². The van der Waals surface area contributed by atoms with Crippen molar-refractivity contribution in [3.05, 3.63) is 0 Å². The van der Waals surface area contributed by atoms with Crippen LogP contribution in [-0.4, -0.2) is 35.7 Å². The van der Waals surface area contributed by atoms with Gasteiger partial charge in [0.15, 0.2) is 0 Å². The highest BCUT2D eigenvalue weighted by atomic mass is 16.3. The van der Waals surface area contributed by atoms with Crippen molar-refractivity contribution in [2.75, 3.05) is 19.7 Å². The maximum absolute atomic E-state index is 8.90. The SMILES string of the molecule is CCCC(CCO)N1CCCC1. The molecule has 1 atom stereocenters. The number of aliphatic hydroxyl groups is 1. The second-order valence-corrected chi connectivity index (χ2v) is 3.70. The quantitative estimate of drug-likeness (QED) is 0.679. The van der Waals surface area contributed by atoms with E-state index in [2.05, 4.69) is 11.8 Å². The molecule has 0 amide bonds. The summed E-state index contributed by atoms with van der Waals surface area (Å²) in [7, 11) is 0. The molecule has 0 spiro atoms. The van der Waals surface area contributed by atoms with Crippen molar-refractivity contribution in [3.8, 4) is 0 Å². The smallest absolute Gasteiger partial charge is 0.0445 e. The molecule has 1 fully saturated rings. The molecule has 1 aliphatic rings. The highest BCUT2D eigenvalue weighted by Gasteiger charge is 2.20. The summed E-state index contributed by atoms with van der Waals surface area (Å²) in [5.74, 6) is 0. The van der Waals surface area contributed by atoms with Crippen LogP contribution in [0.2, 0.25) is 0 Å². The summed E-state index contributed by atoms with van der Waals surface area (Å²) in [4.78, 5) is 2.54. The summed E-state index contributed by atoms with van der Waals surface area (Å²) < 4.78 is 0. The number of aliphatic hydroxyl groups excluding tert-OH is 1. The second-order valence-electron chi connectivity index (χ2n) is 3.70. The molecule has 0 aromatic carbocycles. The fraction of sp³-hybridized carbons (Fsp3) is 1.00. The predicted molar refractivity (Wildman–Crippen MR) is 51.2 cm³/mol. The van der Waals surface area contributed by atoms with Gasteiger partial charge in [-0.3, -0.25) is 0 Å². The van der Waals surface area contributed by atoms with Crippen LogP contribution < -0.4 is 0 Å². The van der Waals surface area contributed by atoms with E-state index in [4.69, 9.17) is 5.11 Å². The van der Waals surface area contributed by atoms with Gasteiger partial charge in [0, 0.05) is 12.6 Å². The van der Waals surface area contributed by atoms with E-state index in [1.165, 1.54) is 38.8 Å². The molecule has 1 saturated heterocycles. The molecule has 12 heavy (non-hydrogen) atoms. The van der Waals surface area contributed by atoms with Gasteiger partial charge in [-0.2, -0.15) is 0 Å². The highest BCUT2D eigenvalue weighted by Crippen LogP contribution is 2.17. The third-order valence-electron chi connectivity index (χ3n) is 2.74. The van der Waals surface area contributed by atoms with Crippen molar-refractivity contribution >= 4 is 0 Å². The van der Waals surface area contributed by atoms with Crippen molar-refractivity contribution in [2.24, 2.45) is 0 Å². The van der Waals surface area contributed by atoms with Gasteiger partial charge in [0.2, 0.25) is 0 Å². The first kappa shape index (κ1) is 10.0. The molecule has 1 unspecified atom stereocenters. The Morgan fingerprint density at radius 3 is 2.42 bits per heavy atom. The van der Waals surface area contributed by atoms with Crippen molar-refractivity contribution < 1.29 is 5.11 Å². The largest absolute Gasteiger partial charge is 0.396 e. The Labute approximate surface area is 75.6 Å². The molecule has 0 aromatic rings. The van der Waals surface area contributed by atoms with Crippen molar-refractivity contribution in [1.82, 2.24) is 4.90 Å². The first-order valence-electron chi connectivity index (χ1n) is 5.23. The summed E-state index contributed by atoms with van der Waals surface area (Å²) in [5, 5.41) is 8.90. The molecule has 0 aliphatic carbocycles. The number of likely N-dealkylation sites (tertiary alicyclic amines) is 1. The van der Waals surface area contributed by atoms with Crippen LogP contribution in [0.25, 0.3) is 0 Å². The molecular weight excluding hydrogens is 150 g/mol. The molecular formula is C10H21NO. The molecule has 2 heteroatoms. The van der Waals surface area contributed by atoms with Crippen LogP contribution in [0.15, 0.2) is 0 Å². The van der Waals surface area contributed by atoms with Gasteiger partial charge in [0.25, 0.3) is 0 Å². The van der Waals surface area contributed by atoms with E-state index in [0.717, 1.165) is 6.42 Å². The first-order valence-corrected chi connectivity index (χ1v) is 5.23. The Kier molecular flexibility index (Phi) is 4.62. The van der Waals surface area contributed by atoms with E-state index < -0.39 is 0 Å². The molecule has 72 valence electrons. The molecule has 1 rings (SSSR count).